The van der Waals surface area contributed by atoms with Crippen LogP contribution in [0.4, 0.5) is 10.8 Å². The SMILES string of the molecule is Cc1ncsc1Nc1nc(-c2ccccc2)nc2cc[nH]c12. The number of nitrogens with one attached hydrogen (secondary N) is 2. The van der Waals surface area contributed by atoms with Gasteiger partial charge in [-0.3, -0.25) is 0 Å². The van der Waals surface area contributed by atoms with Gasteiger partial charge in [-0.1, -0.05) is 30.3 Å². The summed E-state index contributed by atoms with van der Waals surface area (Å²) < 4.78 is 0. The van der Waals surface area contributed by atoms with E-state index in [9.17, 15) is 0 Å². The standard InChI is InChI=1S/C16H13N5S/c1-10-16(22-9-18-10)21-15-13-12(7-8-17-13)19-14(20-15)11-5-3-2-4-6-11/h2-9,17H,1H3,(H,19,20,21). The highest BCUT2D eigenvalue weighted by atomic mass is 32.1. The van der Waals surface area contributed by atoms with Crippen LogP contribution in [0.15, 0.2) is 48.1 Å². The lowest BCUT2D eigenvalue weighted by molar-refractivity contribution is 1.21. The largest absolute Gasteiger partial charge is 0.357 e. The molecular weight excluding hydrogens is 294 g/mol. The Bertz CT molecular complexity index is 926. The Hall–Kier alpha value is -2.73. The predicted octanol–water partition coefficient (Wildman–Crippen LogP) is 4.13. The predicted molar refractivity (Wildman–Crippen MR) is 89.5 cm³/mol. The highest BCUT2D eigenvalue weighted by molar-refractivity contribution is 7.14. The van der Waals surface area contributed by atoms with E-state index in [1.54, 1.807) is 11.3 Å². The van der Waals surface area contributed by atoms with Gasteiger partial charge in [0.25, 0.3) is 0 Å². The molecule has 0 fully saturated rings. The molecule has 22 heavy (non-hydrogen) atoms. The van der Waals surface area contributed by atoms with Crippen LogP contribution in [0.2, 0.25) is 0 Å². The Morgan fingerprint density at radius 3 is 2.73 bits per heavy atom. The van der Waals surface area contributed by atoms with Gasteiger partial charge in [0.1, 0.15) is 10.5 Å². The van der Waals surface area contributed by atoms with Crippen molar-refractivity contribution in [3.8, 4) is 11.4 Å². The Morgan fingerprint density at radius 2 is 1.95 bits per heavy atom. The van der Waals surface area contributed by atoms with Crippen LogP contribution in [-0.2, 0) is 0 Å². The van der Waals surface area contributed by atoms with Crippen molar-refractivity contribution in [2.45, 2.75) is 6.92 Å². The van der Waals surface area contributed by atoms with Crippen LogP contribution in [0.5, 0.6) is 0 Å². The van der Waals surface area contributed by atoms with Crippen molar-refractivity contribution in [3.05, 3.63) is 53.8 Å². The molecule has 4 rings (SSSR count). The maximum absolute atomic E-state index is 4.68. The van der Waals surface area contributed by atoms with Gasteiger partial charge in [-0.05, 0) is 13.0 Å². The zero-order chi connectivity index (χ0) is 14.9. The fourth-order valence-electron chi connectivity index (χ4n) is 2.28. The zero-order valence-electron chi connectivity index (χ0n) is 11.9. The van der Waals surface area contributed by atoms with Crippen LogP contribution in [0.1, 0.15) is 5.69 Å². The monoisotopic (exact) mass is 307 g/mol. The summed E-state index contributed by atoms with van der Waals surface area (Å²) in [4.78, 5) is 16.8. The van der Waals surface area contributed by atoms with Crippen molar-refractivity contribution in [1.82, 2.24) is 19.9 Å². The number of fused-ring (bicyclic) bond motifs is 1. The van der Waals surface area contributed by atoms with E-state index in [1.807, 2.05) is 55.0 Å². The van der Waals surface area contributed by atoms with Crippen molar-refractivity contribution >= 4 is 33.2 Å². The van der Waals surface area contributed by atoms with Crippen molar-refractivity contribution in [3.63, 3.8) is 0 Å². The first-order valence-electron chi connectivity index (χ1n) is 6.89. The summed E-state index contributed by atoms with van der Waals surface area (Å²) in [5.74, 6) is 1.47. The number of hydrogen-bond donors (Lipinski definition) is 2. The zero-order valence-corrected chi connectivity index (χ0v) is 12.7. The third kappa shape index (κ3) is 2.23. The fourth-order valence-corrected chi connectivity index (χ4v) is 2.98. The van der Waals surface area contributed by atoms with Gasteiger partial charge in [-0.15, -0.1) is 11.3 Å². The summed E-state index contributed by atoms with van der Waals surface area (Å²) in [6.45, 7) is 1.98. The molecule has 6 heteroatoms. The number of nitrogens with zero attached hydrogens (tertiary/aromatic N) is 3. The molecule has 4 aromatic rings. The van der Waals surface area contributed by atoms with Crippen molar-refractivity contribution in [1.29, 1.82) is 0 Å². The van der Waals surface area contributed by atoms with Gasteiger partial charge in [-0.25, -0.2) is 15.0 Å². The van der Waals surface area contributed by atoms with Gasteiger partial charge in [0.15, 0.2) is 11.6 Å². The first-order chi connectivity index (χ1) is 10.8. The molecule has 0 aliphatic rings. The molecule has 0 aliphatic heterocycles. The topological polar surface area (TPSA) is 66.5 Å². The van der Waals surface area contributed by atoms with Crippen LogP contribution in [0.25, 0.3) is 22.4 Å². The molecule has 0 amide bonds. The summed E-state index contributed by atoms with van der Waals surface area (Å²) in [6, 6.07) is 11.9. The third-order valence-electron chi connectivity index (χ3n) is 3.42. The van der Waals surface area contributed by atoms with E-state index in [0.717, 1.165) is 33.1 Å². The molecule has 0 saturated carbocycles. The molecular formula is C16H13N5S. The lowest BCUT2D eigenvalue weighted by Crippen LogP contribution is -1.98. The molecule has 0 aliphatic carbocycles. The van der Waals surface area contributed by atoms with E-state index in [0.29, 0.717) is 5.82 Å². The number of benzene rings is 1. The Morgan fingerprint density at radius 1 is 1.09 bits per heavy atom. The molecule has 0 radical (unpaired) electrons. The average molecular weight is 307 g/mol. The van der Waals surface area contributed by atoms with E-state index >= 15 is 0 Å². The number of aryl methyl sites for hydroxylation is 1. The first-order valence-corrected chi connectivity index (χ1v) is 7.77. The van der Waals surface area contributed by atoms with Crippen LogP contribution in [0.3, 0.4) is 0 Å². The summed E-state index contributed by atoms with van der Waals surface area (Å²) in [5, 5.41) is 4.36. The third-order valence-corrected chi connectivity index (χ3v) is 4.26. The van der Waals surface area contributed by atoms with Crippen LogP contribution >= 0.6 is 11.3 Å². The first kappa shape index (κ1) is 13.0. The Balaban J connectivity index is 1.86. The summed E-state index contributed by atoms with van der Waals surface area (Å²) in [5.41, 5.74) is 5.56. The van der Waals surface area contributed by atoms with Crippen molar-refractivity contribution in [2.24, 2.45) is 0 Å². The average Bonchev–Trinajstić information content (AvgIpc) is 3.17. The molecule has 5 nitrogen and oxygen atoms in total. The minimum Gasteiger partial charge on any atom is -0.357 e. The van der Waals surface area contributed by atoms with E-state index in [-0.39, 0.29) is 0 Å². The highest BCUT2D eigenvalue weighted by Gasteiger charge is 2.12. The second kappa shape index (κ2) is 5.23. The summed E-state index contributed by atoms with van der Waals surface area (Å²) in [7, 11) is 0. The lowest BCUT2D eigenvalue weighted by Gasteiger charge is -2.08. The van der Waals surface area contributed by atoms with Gasteiger partial charge in [0.2, 0.25) is 0 Å². The Labute approximate surface area is 131 Å². The minimum atomic E-state index is 0.706. The van der Waals surface area contributed by atoms with Gasteiger partial charge < -0.3 is 10.3 Å². The molecule has 1 aromatic carbocycles. The van der Waals surface area contributed by atoms with E-state index in [2.05, 4.69) is 25.3 Å². The number of H-pyrrole nitrogens is 1. The molecule has 0 saturated heterocycles. The normalized spacial score (nSPS) is 11.0. The van der Waals surface area contributed by atoms with Gasteiger partial charge in [-0.2, -0.15) is 0 Å². The number of aromatic amines is 1. The highest BCUT2D eigenvalue weighted by Crippen LogP contribution is 2.29. The van der Waals surface area contributed by atoms with E-state index < -0.39 is 0 Å². The lowest BCUT2D eigenvalue weighted by atomic mass is 10.2. The quantitative estimate of drug-likeness (QED) is 0.597. The maximum Gasteiger partial charge on any atom is 0.162 e. The van der Waals surface area contributed by atoms with Crippen LogP contribution in [-0.4, -0.2) is 19.9 Å². The molecule has 0 unspecified atom stereocenters. The molecule has 0 atom stereocenters. The van der Waals surface area contributed by atoms with Crippen molar-refractivity contribution < 1.29 is 0 Å². The van der Waals surface area contributed by atoms with E-state index in [1.165, 1.54) is 0 Å². The molecule has 108 valence electrons. The number of aromatic nitrogens is 4. The second-order valence-corrected chi connectivity index (χ2v) is 5.75. The molecule has 2 N–H and O–H groups in total. The molecule has 3 aromatic heterocycles. The van der Waals surface area contributed by atoms with Gasteiger partial charge >= 0.3 is 0 Å². The minimum absolute atomic E-state index is 0.706. The fraction of sp³-hybridized carbons (Fsp3) is 0.0625. The Kier molecular flexibility index (Phi) is 3.08. The summed E-state index contributed by atoms with van der Waals surface area (Å²) >= 11 is 1.56. The van der Waals surface area contributed by atoms with E-state index in [4.69, 9.17) is 0 Å². The second-order valence-electron chi connectivity index (χ2n) is 4.89. The molecule has 0 bridgehead atoms. The van der Waals surface area contributed by atoms with Crippen LogP contribution < -0.4 is 5.32 Å². The number of thiazole rings is 1. The van der Waals surface area contributed by atoms with Crippen molar-refractivity contribution in [2.75, 3.05) is 5.32 Å². The number of anilines is 2. The number of rotatable bonds is 3. The smallest absolute Gasteiger partial charge is 0.162 e. The van der Waals surface area contributed by atoms with Gasteiger partial charge in [0, 0.05) is 11.8 Å². The molecule has 3 heterocycles. The molecule has 0 spiro atoms. The maximum atomic E-state index is 4.68. The van der Waals surface area contributed by atoms with Crippen LogP contribution in [0, 0.1) is 6.92 Å². The number of hydrogen-bond acceptors (Lipinski definition) is 5. The summed E-state index contributed by atoms with van der Waals surface area (Å²) in [6.07, 6.45) is 1.87. The van der Waals surface area contributed by atoms with Gasteiger partial charge in [0.05, 0.1) is 16.7 Å².